The zero-order valence-corrected chi connectivity index (χ0v) is 16.9. The van der Waals surface area contributed by atoms with Gasteiger partial charge in [0, 0.05) is 18.5 Å². The van der Waals surface area contributed by atoms with Gasteiger partial charge in [-0.05, 0) is 31.2 Å². The third-order valence-corrected chi connectivity index (χ3v) is 5.62. The van der Waals surface area contributed by atoms with Crippen molar-refractivity contribution in [1.82, 2.24) is 25.0 Å². The first-order chi connectivity index (χ1) is 13.1. The van der Waals surface area contributed by atoms with Gasteiger partial charge in [0.15, 0.2) is 5.16 Å². The quantitative estimate of drug-likeness (QED) is 0.576. The number of hydrogen-bond donors (Lipinski definition) is 1. The summed E-state index contributed by atoms with van der Waals surface area (Å²) in [7, 11) is 1.62. The first-order valence-corrected chi connectivity index (χ1v) is 10.3. The van der Waals surface area contributed by atoms with Gasteiger partial charge in [0.1, 0.15) is 16.6 Å². The monoisotopic (exact) mass is 404 g/mol. The molecule has 0 atom stereocenters. The van der Waals surface area contributed by atoms with Crippen molar-refractivity contribution in [3.63, 3.8) is 0 Å². The molecule has 0 spiro atoms. The van der Waals surface area contributed by atoms with Gasteiger partial charge in [-0.2, -0.15) is 0 Å². The SMILES string of the molecule is CCc1nnc(SCC(=O)Nc2nnc(-c3ccc(OC)cc3)s2)n1CC. The molecule has 0 aliphatic carbocycles. The van der Waals surface area contributed by atoms with Crippen molar-refractivity contribution >= 4 is 34.1 Å². The fourth-order valence-electron chi connectivity index (χ4n) is 2.41. The lowest BCUT2D eigenvalue weighted by atomic mass is 10.2. The predicted octanol–water partition coefficient (Wildman–Crippen LogP) is 3.12. The number of rotatable bonds is 8. The van der Waals surface area contributed by atoms with E-state index >= 15 is 0 Å². The van der Waals surface area contributed by atoms with E-state index in [1.165, 1.54) is 23.1 Å². The molecule has 0 unspecified atom stereocenters. The van der Waals surface area contributed by atoms with Crippen LogP contribution in [0.2, 0.25) is 0 Å². The molecule has 8 nitrogen and oxygen atoms in total. The van der Waals surface area contributed by atoms with E-state index in [-0.39, 0.29) is 11.7 Å². The van der Waals surface area contributed by atoms with Crippen LogP contribution < -0.4 is 10.1 Å². The predicted molar refractivity (Wildman–Crippen MR) is 106 cm³/mol. The first-order valence-electron chi connectivity index (χ1n) is 8.47. The number of hydrogen-bond acceptors (Lipinski definition) is 8. The van der Waals surface area contributed by atoms with Crippen molar-refractivity contribution in [2.75, 3.05) is 18.2 Å². The summed E-state index contributed by atoms with van der Waals surface area (Å²) in [6.07, 6.45) is 0.812. The second-order valence-electron chi connectivity index (χ2n) is 5.47. The van der Waals surface area contributed by atoms with Crippen LogP contribution >= 0.6 is 23.1 Å². The summed E-state index contributed by atoms with van der Waals surface area (Å²) in [5, 5.41) is 21.2. The van der Waals surface area contributed by atoms with E-state index in [9.17, 15) is 4.79 Å². The lowest BCUT2D eigenvalue weighted by Gasteiger charge is -2.05. The smallest absolute Gasteiger partial charge is 0.236 e. The fraction of sp³-hybridized carbons (Fsp3) is 0.353. The molecule has 0 saturated heterocycles. The van der Waals surface area contributed by atoms with Gasteiger partial charge >= 0.3 is 0 Å². The third kappa shape index (κ3) is 4.64. The number of ether oxygens (including phenoxy) is 1. The summed E-state index contributed by atoms with van der Waals surface area (Å²) in [6, 6.07) is 7.54. The Morgan fingerprint density at radius 1 is 1.19 bits per heavy atom. The number of nitrogens with one attached hydrogen (secondary N) is 1. The molecule has 2 heterocycles. The molecule has 1 amide bonds. The van der Waals surface area contributed by atoms with Crippen LogP contribution in [-0.2, 0) is 17.8 Å². The summed E-state index contributed by atoms with van der Waals surface area (Å²) in [5.74, 6) is 1.79. The first kappa shape index (κ1) is 19.3. The molecule has 0 radical (unpaired) electrons. The Kier molecular flexibility index (Phi) is 6.40. The maximum atomic E-state index is 12.2. The summed E-state index contributed by atoms with van der Waals surface area (Å²) in [5.41, 5.74) is 0.923. The highest BCUT2D eigenvalue weighted by Crippen LogP contribution is 2.28. The van der Waals surface area contributed by atoms with Gasteiger partial charge in [0.2, 0.25) is 11.0 Å². The van der Waals surface area contributed by atoms with Crippen LogP contribution in [-0.4, -0.2) is 43.7 Å². The molecule has 142 valence electrons. The normalized spacial score (nSPS) is 10.8. The number of methoxy groups -OCH3 is 1. The van der Waals surface area contributed by atoms with Crippen LogP contribution in [0.4, 0.5) is 5.13 Å². The van der Waals surface area contributed by atoms with E-state index in [1.807, 2.05) is 42.7 Å². The number of amides is 1. The number of thioether (sulfide) groups is 1. The van der Waals surface area contributed by atoms with Gasteiger partial charge in [0.25, 0.3) is 0 Å². The lowest BCUT2D eigenvalue weighted by Crippen LogP contribution is -2.14. The van der Waals surface area contributed by atoms with Crippen LogP contribution in [0, 0.1) is 0 Å². The zero-order chi connectivity index (χ0) is 19.2. The molecule has 0 saturated carbocycles. The van der Waals surface area contributed by atoms with Gasteiger partial charge in [-0.25, -0.2) is 0 Å². The van der Waals surface area contributed by atoms with Gasteiger partial charge in [-0.1, -0.05) is 30.0 Å². The van der Waals surface area contributed by atoms with Crippen LogP contribution in [0.25, 0.3) is 10.6 Å². The second kappa shape index (κ2) is 8.96. The van der Waals surface area contributed by atoms with Crippen molar-refractivity contribution in [2.45, 2.75) is 32.0 Å². The maximum Gasteiger partial charge on any atom is 0.236 e. The van der Waals surface area contributed by atoms with E-state index in [0.29, 0.717) is 5.13 Å². The van der Waals surface area contributed by atoms with Crippen molar-refractivity contribution in [1.29, 1.82) is 0 Å². The molecule has 2 aromatic heterocycles. The van der Waals surface area contributed by atoms with Crippen LogP contribution in [0.15, 0.2) is 29.4 Å². The van der Waals surface area contributed by atoms with Gasteiger partial charge in [-0.15, -0.1) is 20.4 Å². The molecule has 0 aliphatic heterocycles. The van der Waals surface area contributed by atoms with Crippen LogP contribution in [0.5, 0.6) is 5.75 Å². The fourth-order valence-corrected chi connectivity index (χ4v) is 4.00. The van der Waals surface area contributed by atoms with Gasteiger partial charge < -0.3 is 9.30 Å². The summed E-state index contributed by atoms with van der Waals surface area (Å²) < 4.78 is 7.17. The Morgan fingerprint density at radius 3 is 2.63 bits per heavy atom. The Labute approximate surface area is 165 Å². The van der Waals surface area contributed by atoms with E-state index < -0.39 is 0 Å². The van der Waals surface area contributed by atoms with Gasteiger partial charge in [0.05, 0.1) is 12.9 Å². The molecule has 3 aromatic rings. The highest BCUT2D eigenvalue weighted by atomic mass is 32.2. The highest BCUT2D eigenvalue weighted by Gasteiger charge is 2.14. The van der Waals surface area contributed by atoms with Crippen molar-refractivity contribution in [3.8, 4) is 16.3 Å². The molecule has 3 rings (SSSR count). The van der Waals surface area contributed by atoms with Crippen LogP contribution in [0.1, 0.15) is 19.7 Å². The van der Waals surface area contributed by atoms with Gasteiger partial charge in [-0.3, -0.25) is 10.1 Å². The largest absolute Gasteiger partial charge is 0.497 e. The van der Waals surface area contributed by atoms with Crippen LogP contribution in [0.3, 0.4) is 0 Å². The molecule has 0 fully saturated rings. The second-order valence-corrected chi connectivity index (χ2v) is 7.39. The number of aromatic nitrogens is 5. The van der Waals surface area contributed by atoms with E-state index in [1.54, 1.807) is 7.11 Å². The summed E-state index contributed by atoms with van der Waals surface area (Å²) >= 11 is 2.69. The molecular formula is C17H20N6O2S2. The number of benzene rings is 1. The van der Waals surface area contributed by atoms with E-state index in [0.717, 1.165) is 40.3 Å². The van der Waals surface area contributed by atoms with E-state index in [4.69, 9.17) is 4.74 Å². The number of anilines is 1. The number of carbonyl (C=O) groups is 1. The van der Waals surface area contributed by atoms with Crippen molar-refractivity contribution < 1.29 is 9.53 Å². The minimum absolute atomic E-state index is 0.152. The molecule has 27 heavy (non-hydrogen) atoms. The Balaban J connectivity index is 1.58. The topological polar surface area (TPSA) is 94.8 Å². The maximum absolute atomic E-state index is 12.2. The Hall–Kier alpha value is -2.46. The van der Waals surface area contributed by atoms with Crippen molar-refractivity contribution in [2.24, 2.45) is 0 Å². The summed E-state index contributed by atoms with van der Waals surface area (Å²) in [6.45, 7) is 4.85. The average molecular weight is 405 g/mol. The van der Waals surface area contributed by atoms with Crippen molar-refractivity contribution in [3.05, 3.63) is 30.1 Å². The standard InChI is InChI=1S/C17H20N6O2S2/c1-4-13-19-22-17(23(13)5-2)26-10-14(24)18-16-21-20-15(27-16)11-6-8-12(25-3)9-7-11/h6-9H,4-5,10H2,1-3H3,(H,18,21,24). The lowest BCUT2D eigenvalue weighted by molar-refractivity contribution is -0.113. The van der Waals surface area contributed by atoms with E-state index in [2.05, 4.69) is 25.7 Å². The average Bonchev–Trinajstić information content (AvgIpc) is 3.32. The number of aryl methyl sites for hydroxylation is 1. The molecular weight excluding hydrogens is 384 g/mol. The minimum Gasteiger partial charge on any atom is -0.497 e. The molecule has 1 aromatic carbocycles. The molecule has 0 bridgehead atoms. The number of carbonyl (C=O) groups excluding carboxylic acids is 1. The number of nitrogens with zero attached hydrogens (tertiary/aromatic N) is 5. The minimum atomic E-state index is -0.152. The molecule has 0 aliphatic rings. The molecule has 10 heteroatoms. The highest BCUT2D eigenvalue weighted by molar-refractivity contribution is 7.99. The molecule has 1 N–H and O–H groups in total. The Bertz CT molecular complexity index is 907. The summed E-state index contributed by atoms with van der Waals surface area (Å²) in [4.78, 5) is 12.2. The third-order valence-electron chi connectivity index (χ3n) is 3.77. The zero-order valence-electron chi connectivity index (χ0n) is 15.3. The Morgan fingerprint density at radius 2 is 1.96 bits per heavy atom.